The van der Waals surface area contributed by atoms with Gasteiger partial charge in [-0.1, -0.05) is 23.7 Å². The number of likely N-dealkylation sites (tertiary alicyclic amines) is 1. The number of aliphatic hydroxyl groups excluding tert-OH is 1. The number of carbonyl (C=O) groups excluding carboxylic acids is 1. The molecule has 0 radical (unpaired) electrons. The van der Waals surface area contributed by atoms with Gasteiger partial charge in [0, 0.05) is 55.3 Å². The molecule has 3 heterocycles. The number of halogens is 3. The highest BCUT2D eigenvalue weighted by molar-refractivity contribution is 9.13. The number of hydrogen-bond donors (Lipinski definition) is 1. The minimum absolute atomic E-state index is 0.00322. The van der Waals surface area contributed by atoms with E-state index in [0.717, 1.165) is 46.0 Å². The Balaban J connectivity index is 1.31. The van der Waals surface area contributed by atoms with E-state index in [0.29, 0.717) is 18.0 Å². The van der Waals surface area contributed by atoms with Crippen LogP contribution in [-0.4, -0.2) is 77.1 Å². The molecular formula is C20H22Br2ClN3O2S. The number of β-amino-alcohol motifs (C(OH)–C–C–N with tert-alkyl or cyclic N) is 1. The lowest BCUT2D eigenvalue weighted by Gasteiger charge is -2.38. The second-order valence-corrected chi connectivity index (χ2v) is 11.2. The average molecular weight is 564 g/mol. The first kappa shape index (κ1) is 21.7. The summed E-state index contributed by atoms with van der Waals surface area (Å²) in [6.07, 6.45) is -0.506. The van der Waals surface area contributed by atoms with E-state index in [1.807, 2.05) is 18.2 Å². The molecule has 0 aliphatic carbocycles. The number of hydrogen-bond acceptors (Lipinski definition) is 5. The number of nitrogens with zero attached hydrogens (tertiary/aromatic N) is 3. The Hall–Kier alpha value is -0.480. The van der Waals surface area contributed by atoms with Crippen molar-refractivity contribution in [3.8, 4) is 0 Å². The first-order chi connectivity index (χ1) is 13.9. The predicted octanol–water partition coefficient (Wildman–Crippen LogP) is 3.93. The van der Waals surface area contributed by atoms with E-state index in [-0.39, 0.29) is 11.9 Å². The molecule has 1 aromatic heterocycles. The fraction of sp³-hybridized carbons (Fsp3) is 0.450. The minimum atomic E-state index is -0.506. The third kappa shape index (κ3) is 5.06. The highest BCUT2D eigenvalue weighted by Gasteiger charge is 2.39. The van der Waals surface area contributed by atoms with Gasteiger partial charge in [0.05, 0.1) is 20.8 Å². The summed E-state index contributed by atoms with van der Waals surface area (Å²) in [5.41, 5.74) is 1.26. The molecule has 0 bridgehead atoms. The van der Waals surface area contributed by atoms with Crippen LogP contribution in [0.5, 0.6) is 0 Å². The van der Waals surface area contributed by atoms with E-state index in [1.54, 1.807) is 4.90 Å². The summed E-state index contributed by atoms with van der Waals surface area (Å²) < 4.78 is 1.80. The topological polar surface area (TPSA) is 47.0 Å². The summed E-state index contributed by atoms with van der Waals surface area (Å²) in [5.74, 6) is -0.00988. The standard InChI is InChI=1S/C20H22Br2ClN3O2S/c21-15-9-18(29-19(15)22)20(28)26-11-16(17(27)12-26)25-7-5-24(6-8-25)10-13-1-3-14(23)4-2-13/h1-4,9,16-17,27H,5-8,10-12H2/t16-,17-/m0/s1. The highest BCUT2D eigenvalue weighted by Crippen LogP contribution is 2.33. The molecule has 4 rings (SSSR count). The molecular weight excluding hydrogens is 542 g/mol. The normalized spacial score (nSPS) is 23.7. The molecule has 1 amide bonds. The molecule has 0 saturated carbocycles. The SMILES string of the molecule is O=C(c1cc(Br)c(Br)s1)N1C[C@H](O)[C@@H](N2CCN(Cc3ccc(Cl)cc3)CC2)C1. The molecule has 2 aliphatic heterocycles. The fourth-order valence-electron chi connectivity index (χ4n) is 4.00. The van der Waals surface area contributed by atoms with Crippen LogP contribution in [0.1, 0.15) is 15.2 Å². The molecule has 0 unspecified atom stereocenters. The van der Waals surface area contributed by atoms with Gasteiger partial charge in [-0.15, -0.1) is 11.3 Å². The lowest BCUT2D eigenvalue weighted by Crippen LogP contribution is -2.53. The van der Waals surface area contributed by atoms with Crippen molar-refractivity contribution < 1.29 is 9.90 Å². The van der Waals surface area contributed by atoms with E-state index in [9.17, 15) is 9.90 Å². The molecule has 1 aromatic carbocycles. The largest absolute Gasteiger partial charge is 0.390 e. The molecule has 2 saturated heterocycles. The smallest absolute Gasteiger partial charge is 0.264 e. The van der Waals surface area contributed by atoms with Crippen molar-refractivity contribution in [1.82, 2.24) is 14.7 Å². The molecule has 2 aliphatic rings. The zero-order chi connectivity index (χ0) is 20.5. The van der Waals surface area contributed by atoms with E-state index in [2.05, 4.69) is 53.8 Å². The van der Waals surface area contributed by atoms with Crippen LogP contribution < -0.4 is 0 Å². The molecule has 156 valence electrons. The van der Waals surface area contributed by atoms with Gasteiger partial charge in [0.1, 0.15) is 0 Å². The Kier molecular flexibility index (Phi) is 7.00. The van der Waals surface area contributed by atoms with Crippen LogP contribution in [-0.2, 0) is 6.54 Å². The minimum Gasteiger partial charge on any atom is -0.390 e. The first-order valence-electron chi connectivity index (χ1n) is 9.54. The van der Waals surface area contributed by atoms with E-state index in [4.69, 9.17) is 11.6 Å². The van der Waals surface area contributed by atoms with E-state index in [1.165, 1.54) is 16.9 Å². The van der Waals surface area contributed by atoms with Crippen molar-refractivity contribution in [2.75, 3.05) is 39.3 Å². The van der Waals surface area contributed by atoms with Gasteiger partial charge in [-0.3, -0.25) is 14.6 Å². The quantitative estimate of drug-likeness (QED) is 0.613. The van der Waals surface area contributed by atoms with Crippen molar-refractivity contribution in [3.05, 3.63) is 54.1 Å². The van der Waals surface area contributed by atoms with Crippen LogP contribution >= 0.6 is 54.8 Å². The number of benzene rings is 1. The maximum atomic E-state index is 12.8. The monoisotopic (exact) mass is 561 g/mol. The van der Waals surface area contributed by atoms with Gasteiger partial charge in [0.25, 0.3) is 5.91 Å². The Labute approximate surface area is 196 Å². The average Bonchev–Trinajstić information content (AvgIpc) is 3.26. The van der Waals surface area contributed by atoms with E-state index < -0.39 is 6.10 Å². The molecule has 2 aromatic rings. The Morgan fingerprint density at radius 1 is 1.14 bits per heavy atom. The number of rotatable bonds is 4. The predicted molar refractivity (Wildman–Crippen MR) is 124 cm³/mol. The van der Waals surface area contributed by atoms with Crippen LogP contribution in [0.25, 0.3) is 0 Å². The molecule has 9 heteroatoms. The van der Waals surface area contributed by atoms with Gasteiger partial charge in [-0.2, -0.15) is 0 Å². The molecule has 5 nitrogen and oxygen atoms in total. The zero-order valence-electron chi connectivity index (χ0n) is 15.7. The lowest BCUT2D eigenvalue weighted by atomic mass is 10.1. The second kappa shape index (κ2) is 9.34. The van der Waals surface area contributed by atoms with E-state index >= 15 is 0 Å². The second-order valence-electron chi connectivity index (χ2n) is 7.52. The maximum absolute atomic E-state index is 12.8. The van der Waals surface area contributed by atoms with Crippen molar-refractivity contribution in [2.45, 2.75) is 18.7 Å². The summed E-state index contributed by atoms with van der Waals surface area (Å²) >= 11 is 14.3. The summed E-state index contributed by atoms with van der Waals surface area (Å²) in [6, 6.07) is 9.84. The fourth-order valence-corrected chi connectivity index (χ4v) is 6.13. The molecule has 1 N–H and O–H groups in total. The number of amides is 1. The van der Waals surface area contributed by atoms with Gasteiger partial charge in [0.15, 0.2) is 0 Å². The van der Waals surface area contributed by atoms with Crippen LogP contribution in [0.3, 0.4) is 0 Å². The summed E-state index contributed by atoms with van der Waals surface area (Å²) in [5, 5.41) is 11.4. The Morgan fingerprint density at radius 2 is 1.83 bits per heavy atom. The van der Waals surface area contributed by atoms with Gasteiger partial charge < -0.3 is 10.0 Å². The zero-order valence-corrected chi connectivity index (χ0v) is 20.5. The highest BCUT2D eigenvalue weighted by atomic mass is 79.9. The number of carbonyl (C=O) groups is 1. The number of thiophene rings is 1. The molecule has 0 spiro atoms. The Bertz CT molecular complexity index is 852. The van der Waals surface area contributed by atoms with Gasteiger partial charge in [0.2, 0.25) is 0 Å². The van der Waals surface area contributed by atoms with Gasteiger partial charge in [-0.05, 0) is 55.6 Å². The third-order valence-electron chi connectivity index (χ3n) is 5.60. The summed E-state index contributed by atoms with van der Waals surface area (Å²) in [6.45, 7) is 5.56. The van der Waals surface area contributed by atoms with Crippen molar-refractivity contribution >= 4 is 60.7 Å². The number of piperazine rings is 1. The number of aliphatic hydroxyl groups is 1. The molecule has 2 fully saturated rings. The molecule has 29 heavy (non-hydrogen) atoms. The van der Waals surface area contributed by atoms with Crippen LogP contribution in [0.15, 0.2) is 38.6 Å². The summed E-state index contributed by atoms with van der Waals surface area (Å²) in [4.78, 5) is 20.0. The lowest BCUT2D eigenvalue weighted by molar-refractivity contribution is 0.0423. The van der Waals surface area contributed by atoms with Gasteiger partial charge in [-0.25, -0.2) is 0 Å². The van der Waals surface area contributed by atoms with Crippen molar-refractivity contribution in [2.24, 2.45) is 0 Å². The van der Waals surface area contributed by atoms with Crippen molar-refractivity contribution in [1.29, 1.82) is 0 Å². The van der Waals surface area contributed by atoms with Gasteiger partial charge >= 0.3 is 0 Å². The van der Waals surface area contributed by atoms with Crippen molar-refractivity contribution in [3.63, 3.8) is 0 Å². The first-order valence-corrected chi connectivity index (χ1v) is 12.3. The third-order valence-corrected chi connectivity index (χ3v) is 9.09. The molecule has 2 atom stereocenters. The maximum Gasteiger partial charge on any atom is 0.264 e. The van der Waals surface area contributed by atoms with Crippen LogP contribution in [0.2, 0.25) is 5.02 Å². The van der Waals surface area contributed by atoms with Crippen LogP contribution in [0, 0.1) is 0 Å². The van der Waals surface area contributed by atoms with Crippen LogP contribution in [0.4, 0.5) is 0 Å². The Morgan fingerprint density at radius 3 is 2.45 bits per heavy atom. The summed E-state index contributed by atoms with van der Waals surface area (Å²) in [7, 11) is 0.